The maximum absolute atomic E-state index is 11.1. The Balaban J connectivity index is 2.19. The van der Waals surface area contributed by atoms with Crippen molar-refractivity contribution in [3.63, 3.8) is 0 Å². The molecule has 1 aromatic rings. The van der Waals surface area contributed by atoms with Gasteiger partial charge in [-0.2, -0.15) is 0 Å². The Morgan fingerprint density at radius 3 is 3.07 bits per heavy atom. The zero-order valence-corrected chi connectivity index (χ0v) is 9.76. The van der Waals surface area contributed by atoms with E-state index in [1.54, 1.807) is 11.3 Å². The van der Waals surface area contributed by atoms with Crippen LogP contribution in [0.2, 0.25) is 0 Å². The van der Waals surface area contributed by atoms with E-state index in [-0.39, 0.29) is 12.0 Å². The molecule has 0 aliphatic carbocycles. The van der Waals surface area contributed by atoms with Crippen molar-refractivity contribution in [3.8, 4) is 0 Å². The Bertz CT molecular complexity index is 285. The van der Waals surface area contributed by atoms with Gasteiger partial charge < -0.3 is 10.5 Å². The summed E-state index contributed by atoms with van der Waals surface area (Å²) in [7, 11) is 0. The van der Waals surface area contributed by atoms with Crippen molar-refractivity contribution in [2.75, 3.05) is 6.61 Å². The molecule has 0 saturated carbocycles. The summed E-state index contributed by atoms with van der Waals surface area (Å²) in [6.45, 7) is 2.25. The molecule has 1 aromatic heterocycles. The molecule has 15 heavy (non-hydrogen) atoms. The van der Waals surface area contributed by atoms with Gasteiger partial charge in [-0.1, -0.05) is 6.07 Å². The third-order valence-electron chi connectivity index (χ3n) is 2.07. The summed E-state index contributed by atoms with van der Waals surface area (Å²) in [5.41, 5.74) is 5.91. The molecule has 0 aliphatic rings. The van der Waals surface area contributed by atoms with Crippen LogP contribution in [0.25, 0.3) is 0 Å². The molecule has 0 spiro atoms. The fourth-order valence-electron chi connectivity index (χ4n) is 1.33. The van der Waals surface area contributed by atoms with Crippen LogP contribution in [-0.2, 0) is 16.0 Å². The summed E-state index contributed by atoms with van der Waals surface area (Å²) in [6, 6.07) is 4.13. The molecule has 0 saturated heterocycles. The van der Waals surface area contributed by atoms with E-state index in [9.17, 15) is 4.79 Å². The number of esters is 1. The van der Waals surface area contributed by atoms with Crippen LogP contribution in [0.15, 0.2) is 17.5 Å². The molecule has 4 heteroatoms. The molecule has 1 heterocycles. The third-order valence-corrected chi connectivity index (χ3v) is 2.97. The standard InChI is InChI=1S/C11H17NO2S/c1-2-14-11(13)6-5-9(12)8-10-4-3-7-15-10/h3-4,7,9H,2,5-6,8,12H2,1H3. The predicted octanol–water partition coefficient (Wildman–Crippen LogP) is 1.96. The highest BCUT2D eigenvalue weighted by Crippen LogP contribution is 2.12. The monoisotopic (exact) mass is 227 g/mol. The SMILES string of the molecule is CCOC(=O)CCC(N)Cc1cccs1. The number of hydrogen-bond acceptors (Lipinski definition) is 4. The molecule has 1 atom stereocenters. The van der Waals surface area contributed by atoms with Crippen LogP contribution in [-0.4, -0.2) is 18.6 Å². The molecule has 0 aliphatic heterocycles. The molecule has 0 radical (unpaired) electrons. The molecule has 1 rings (SSSR count). The fraction of sp³-hybridized carbons (Fsp3) is 0.545. The van der Waals surface area contributed by atoms with E-state index >= 15 is 0 Å². The number of carbonyl (C=O) groups is 1. The normalized spacial score (nSPS) is 12.4. The van der Waals surface area contributed by atoms with Crippen molar-refractivity contribution in [3.05, 3.63) is 22.4 Å². The van der Waals surface area contributed by atoms with Gasteiger partial charge in [-0.25, -0.2) is 0 Å². The van der Waals surface area contributed by atoms with Gasteiger partial charge in [0.25, 0.3) is 0 Å². The smallest absolute Gasteiger partial charge is 0.305 e. The molecule has 3 nitrogen and oxygen atoms in total. The minimum Gasteiger partial charge on any atom is -0.466 e. The second kappa shape index (κ2) is 6.58. The van der Waals surface area contributed by atoms with Gasteiger partial charge in [-0.05, 0) is 31.2 Å². The van der Waals surface area contributed by atoms with Gasteiger partial charge in [0.1, 0.15) is 0 Å². The first-order valence-electron chi connectivity index (χ1n) is 5.16. The van der Waals surface area contributed by atoms with E-state index in [2.05, 4.69) is 6.07 Å². The maximum Gasteiger partial charge on any atom is 0.305 e. The lowest BCUT2D eigenvalue weighted by molar-refractivity contribution is -0.143. The Kier molecular flexibility index (Phi) is 5.36. The van der Waals surface area contributed by atoms with Crippen LogP contribution in [0.3, 0.4) is 0 Å². The van der Waals surface area contributed by atoms with Crippen molar-refractivity contribution < 1.29 is 9.53 Å². The minimum absolute atomic E-state index is 0.0491. The zero-order chi connectivity index (χ0) is 11.1. The Labute approximate surface area is 94.2 Å². The fourth-order valence-corrected chi connectivity index (χ4v) is 2.12. The number of rotatable bonds is 6. The maximum atomic E-state index is 11.1. The van der Waals surface area contributed by atoms with Gasteiger partial charge >= 0.3 is 5.97 Å². The molecular weight excluding hydrogens is 210 g/mol. The lowest BCUT2D eigenvalue weighted by atomic mass is 10.1. The quantitative estimate of drug-likeness (QED) is 0.756. The molecular formula is C11H17NO2S. The molecule has 2 N–H and O–H groups in total. The van der Waals surface area contributed by atoms with Gasteiger partial charge in [0.05, 0.1) is 6.61 Å². The van der Waals surface area contributed by atoms with Crippen molar-refractivity contribution in [1.29, 1.82) is 0 Å². The summed E-state index contributed by atoms with van der Waals surface area (Å²) in [5.74, 6) is -0.154. The Hall–Kier alpha value is -0.870. The molecule has 0 aromatic carbocycles. The highest BCUT2D eigenvalue weighted by atomic mass is 32.1. The van der Waals surface area contributed by atoms with E-state index in [0.717, 1.165) is 6.42 Å². The van der Waals surface area contributed by atoms with E-state index in [1.807, 2.05) is 18.4 Å². The Morgan fingerprint density at radius 1 is 1.67 bits per heavy atom. The summed E-state index contributed by atoms with van der Waals surface area (Å²) in [6.07, 6.45) is 1.95. The molecule has 1 unspecified atom stereocenters. The lowest BCUT2D eigenvalue weighted by Crippen LogP contribution is -2.23. The number of ether oxygens (including phenoxy) is 1. The summed E-state index contributed by atoms with van der Waals surface area (Å²) in [4.78, 5) is 12.3. The van der Waals surface area contributed by atoms with Crippen LogP contribution in [0.4, 0.5) is 0 Å². The first-order chi connectivity index (χ1) is 7.22. The third kappa shape index (κ3) is 4.95. The van der Waals surface area contributed by atoms with Crippen LogP contribution >= 0.6 is 11.3 Å². The first-order valence-corrected chi connectivity index (χ1v) is 6.04. The second-order valence-corrected chi connectivity index (χ2v) is 4.42. The van der Waals surface area contributed by atoms with Crippen molar-refractivity contribution >= 4 is 17.3 Å². The number of hydrogen-bond donors (Lipinski definition) is 1. The summed E-state index contributed by atoms with van der Waals surface area (Å²) in [5, 5.41) is 2.04. The van der Waals surface area contributed by atoms with Crippen molar-refractivity contribution in [2.24, 2.45) is 5.73 Å². The zero-order valence-electron chi connectivity index (χ0n) is 8.94. The second-order valence-electron chi connectivity index (χ2n) is 3.39. The van der Waals surface area contributed by atoms with Crippen LogP contribution in [0.5, 0.6) is 0 Å². The first kappa shape index (κ1) is 12.2. The largest absolute Gasteiger partial charge is 0.466 e. The average molecular weight is 227 g/mol. The van der Waals surface area contributed by atoms with Crippen molar-refractivity contribution in [1.82, 2.24) is 0 Å². The average Bonchev–Trinajstić information content (AvgIpc) is 2.68. The van der Waals surface area contributed by atoms with E-state index in [0.29, 0.717) is 19.4 Å². The molecule has 0 bridgehead atoms. The Morgan fingerprint density at radius 2 is 2.47 bits per heavy atom. The lowest BCUT2D eigenvalue weighted by Gasteiger charge is -2.09. The van der Waals surface area contributed by atoms with Crippen molar-refractivity contribution in [2.45, 2.75) is 32.2 Å². The minimum atomic E-state index is -0.154. The number of nitrogens with two attached hydrogens (primary N) is 1. The summed E-state index contributed by atoms with van der Waals surface area (Å²) < 4.78 is 4.84. The number of carbonyl (C=O) groups excluding carboxylic acids is 1. The van der Waals surface area contributed by atoms with Crippen LogP contribution in [0.1, 0.15) is 24.6 Å². The van der Waals surface area contributed by atoms with E-state index in [4.69, 9.17) is 10.5 Å². The van der Waals surface area contributed by atoms with Gasteiger partial charge in [0, 0.05) is 17.3 Å². The topological polar surface area (TPSA) is 52.3 Å². The molecule has 84 valence electrons. The predicted molar refractivity (Wildman–Crippen MR) is 61.9 cm³/mol. The summed E-state index contributed by atoms with van der Waals surface area (Å²) >= 11 is 1.70. The number of thiophene rings is 1. The van der Waals surface area contributed by atoms with E-state index in [1.165, 1.54) is 4.88 Å². The molecule has 0 fully saturated rings. The van der Waals surface area contributed by atoms with Gasteiger partial charge in [-0.3, -0.25) is 4.79 Å². The highest BCUT2D eigenvalue weighted by molar-refractivity contribution is 7.09. The van der Waals surface area contributed by atoms with Crippen LogP contribution in [0, 0.1) is 0 Å². The van der Waals surface area contributed by atoms with Gasteiger partial charge in [0.2, 0.25) is 0 Å². The van der Waals surface area contributed by atoms with E-state index < -0.39 is 0 Å². The van der Waals surface area contributed by atoms with Gasteiger partial charge in [0.15, 0.2) is 0 Å². The highest BCUT2D eigenvalue weighted by Gasteiger charge is 2.08. The van der Waals surface area contributed by atoms with Crippen LogP contribution < -0.4 is 5.73 Å². The van der Waals surface area contributed by atoms with Gasteiger partial charge in [-0.15, -0.1) is 11.3 Å². The molecule has 0 amide bonds.